The second kappa shape index (κ2) is 5.67. The van der Waals surface area contributed by atoms with Gasteiger partial charge in [0.1, 0.15) is 0 Å². The first-order valence-electron chi connectivity index (χ1n) is 6.54. The van der Waals surface area contributed by atoms with Crippen molar-refractivity contribution in [2.45, 2.75) is 52.5 Å². The third kappa shape index (κ3) is 3.21. The SMILES string of the molecule is CCN(CC(C)C)C(=O)C1(C)CCCCN1. The van der Waals surface area contributed by atoms with Crippen LogP contribution in [0.4, 0.5) is 0 Å². The maximum absolute atomic E-state index is 12.4. The molecule has 1 unspecified atom stereocenters. The van der Waals surface area contributed by atoms with Crippen LogP contribution in [0.2, 0.25) is 0 Å². The topological polar surface area (TPSA) is 32.3 Å². The lowest BCUT2D eigenvalue weighted by Gasteiger charge is -2.38. The molecule has 0 aromatic carbocycles. The minimum Gasteiger partial charge on any atom is -0.341 e. The fourth-order valence-corrected chi connectivity index (χ4v) is 2.38. The summed E-state index contributed by atoms with van der Waals surface area (Å²) in [6.45, 7) is 11.1. The normalized spacial score (nSPS) is 25.8. The number of hydrogen-bond acceptors (Lipinski definition) is 2. The van der Waals surface area contributed by atoms with Crippen LogP contribution in [0.25, 0.3) is 0 Å². The lowest BCUT2D eigenvalue weighted by molar-refractivity contribution is -0.139. The van der Waals surface area contributed by atoms with Crippen molar-refractivity contribution >= 4 is 5.91 Å². The molecule has 0 radical (unpaired) electrons. The van der Waals surface area contributed by atoms with Crippen LogP contribution in [0, 0.1) is 5.92 Å². The first-order valence-corrected chi connectivity index (χ1v) is 6.54. The van der Waals surface area contributed by atoms with Gasteiger partial charge in [0.25, 0.3) is 0 Å². The van der Waals surface area contributed by atoms with E-state index in [1.165, 1.54) is 6.42 Å². The minimum atomic E-state index is -0.316. The van der Waals surface area contributed by atoms with Gasteiger partial charge in [-0.3, -0.25) is 4.79 Å². The Morgan fingerprint density at radius 2 is 2.12 bits per heavy atom. The molecule has 1 fully saturated rings. The van der Waals surface area contributed by atoms with E-state index in [9.17, 15) is 4.79 Å². The zero-order chi connectivity index (χ0) is 12.2. The molecular weight excluding hydrogens is 200 g/mol. The molecule has 1 aliphatic heterocycles. The number of nitrogens with zero attached hydrogens (tertiary/aromatic N) is 1. The third-order valence-electron chi connectivity index (χ3n) is 3.35. The van der Waals surface area contributed by atoms with Crippen molar-refractivity contribution in [2.75, 3.05) is 19.6 Å². The highest BCUT2D eigenvalue weighted by molar-refractivity contribution is 5.86. The highest BCUT2D eigenvalue weighted by atomic mass is 16.2. The van der Waals surface area contributed by atoms with Crippen LogP contribution < -0.4 is 5.32 Å². The maximum Gasteiger partial charge on any atom is 0.242 e. The van der Waals surface area contributed by atoms with Crippen molar-refractivity contribution in [2.24, 2.45) is 5.92 Å². The van der Waals surface area contributed by atoms with Crippen LogP contribution >= 0.6 is 0 Å². The Bertz CT molecular complexity index is 232. The van der Waals surface area contributed by atoms with Crippen molar-refractivity contribution in [3.05, 3.63) is 0 Å². The monoisotopic (exact) mass is 226 g/mol. The van der Waals surface area contributed by atoms with E-state index in [1.807, 2.05) is 4.90 Å². The molecule has 16 heavy (non-hydrogen) atoms. The average Bonchev–Trinajstić information content (AvgIpc) is 2.25. The Labute approximate surface area is 99.6 Å². The van der Waals surface area contributed by atoms with Gasteiger partial charge in [-0.05, 0) is 45.6 Å². The molecule has 1 aliphatic rings. The minimum absolute atomic E-state index is 0.281. The molecule has 1 saturated heterocycles. The van der Waals surface area contributed by atoms with E-state index in [1.54, 1.807) is 0 Å². The van der Waals surface area contributed by atoms with E-state index >= 15 is 0 Å². The van der Waals surface area contributed by atoms with Crippen LogP contribution in [-0.2, 0) is 4.79 Å². The summed E-state index contributed by atoms with van der Waals surface area (Å²) >= 11 is 0. The lowest BCUT2D eigenvalue weighted by atomic mass is 9.89. The largest absolute Gasteiger partial charge is 0.341 e. The molecular formula is C13H26N2O. The molecule has 0 aromatic heterocycles. The molecule has 0 aromatic rings. The molecule has 0 saturated carbocycles. The van der Waals surface area contributed by atoms with E-state index in [4.69, 9.17) is 0 Å². The Balaban J connectivity index is 2.65. The molecule has 94 valence electrons. The molecule has 1 N–H and O–H groups in total. The third-order valence-corrected chi connectivity index (χ3v) is 3.35. The standard InChI is InChI=1S/C13H26N2O/c1-5-15(10-11(2)3)12(16)13(4)8-6-7-9-14-13/h11,14H,5-10H2,1-4H3. The number of carbonyl (C=O) groups is 1. The van der Waals surface area contributed by atoms with E-state index in [0.717, 1.165) is 32.5 Å². The predicted molar refractivity (Wildman–Crippen MR) is 67.4 cm³/mol. The summed E-state index contributed by atoms with van der Waals surface area (Å²) in [4.78, 5) is 14.4. The Morgan fingerprint density at radius 1 is 1.44 bits per heavy atom. The van der Waals surface area contributed by atoms with Crippen molar-refractivity contribution in [3.8, 4) is 0 Å². The van der Waals surface area contributed by atoms with Gasteiger partial charge in [-0.1, -0.05) is 13.8 Å². The highest BCUT2D eigenvalue weighted by Crippen LogP contribution is 2.21. The van der Waals surface area contributed by atoms with Crippen LogP contribution in [-0.4, -0.2) is 36.0 Å². The zero-order valence-corrected chi connectivity index (χ0v) is 11.2. The summed E-state index contributed by atoms with van der Waals surface area (Å²) in [5.41, 5.74) is -0.316. The van der Waals surface area contributed by atoms with Gasteiger partial charge in [-0.2, -0.15) is 0 Å². The van der Waals surface area contributed by atoms with E-state index < -0.39 is 0 Å². The predicted octanol–water partition coefficient (Wildman–Crippen LogP) is 2.02. The molecule has 3 nitrogen and oxygen atoms in total. The van der Waals surface area contributed by atoms with Crippen LogP contribution in [0.15, 0.2) is 0 Å². The van der Waals surface area contributed by atoms with Crippen LogP contribution in [0.1, 0.15) is 47.0 Å². The Kier molecular flexibility index (Phi) is 4.78. The Morgan fingerprint density at radius 3 is 2.56 bits per heavy atom. The number of amides is 1. The molecule has 0 bridgehead atoms. The van der Waals surface area contributed by atoms with E-state index in [2.05, 4.69) is 33.0 Å². The van der Waals surface area contributed by atoms with Crippen LogP contribution in [0.5, 0.6) is 0 Å². The first kappa shape index (κ1) is 13.5. The number of carbonyl (C=O) groups excluding carboxylic acids is 1. The first-order chi connectivity index (χ1) is 7.49. The number of nitrogens with one attached hydrogen (secondary N) is 1. The van der Waals surface area contributed by atoms with Crippen molar-refractivity contribution < 1.29 is 4.79 Å². The average molecular weight is 226 g/mol. The van der Waals surface area contributed by atoms with Gasteiger partial charge < -0.3 is 10.2 Å². The van der Waals surface area contributed by atoms with Crippen molar-refractivity contribution in [1.82, 2.24) is 10.2 Å². The van der Waals surface area contributed by atoms with Gasteiger partial charge in [0, 0.05) is 13.1 Å². The van der Waals surface area contributed by atoms with Crippen molar-refractivity contribution in [3.63, 3.8) is 0 Å². The van der Waals surface area contributed by atoms with Gasteiger partial charge in [-0.15, -0.1) is 0 Å². The fourth-order valence-electron chi connectivity index (χ4n) is 2.38. The summed E-state index contributed by atoms with van der Waals surface area (Å²) in [7, 11) is 0. The number of likely N-dealkylation sites (N-methyl/N-ethyl adjacent to an activating group) is 1. The second-order valence-corrected chi connectivity index (χ2v) is 5.45. The van der Waals surface area contributed by atoms with Gasteiger partial charge >= 0.3 is 0 Å². The lowest BCUT2D eigenvalue weighted by Crippen LogP contribution is -2.58. The molecule has 1 amide bonds. The summed E-state index contributed by atoms with van der Waals surface area (Å²) in [6.07, 6.45) is 3.33. The fraction of sp³-hybridized carbons (Fsp3) is 0.923. The molecule has 0 aliphatic carbocycles. The molecule has 1 atom stereocenters. The van der Waals surface area contributed by atoms with E-state index in [-0.39, 0.29) is 11.4 Å². The molecule has 3 heteroatoms. The highest BCUT2D eigenvalue weighted by Gasteiger charge is 2.36. The Hall–Kier alpha value is -0.570. The summed E-state index contributed by atoms with van der Waals surface area (Å²) in [6, 6.07) is 0. The number of hydrogen-bond donors (Lipinski definition) is 1. The van der Waals surface area contributed by atoms with Crippen molar-refractivity contribution in [1.29, 1.82) is 0 Å². The molecule has 0 spiro atoms. The molecule has 1 heterocycles. The van der Waals surface area contributed by atoms with Gasteiger partial charge in [0.15, 0.2) is 0 Å². The summed E-state index contributed by atoms with van der Waals surface area (Å²) < 4.78 is 0. The molecule has 1 rings (SSSR count). The maximum atomic E-state index is 12.4. The van der Waals surface area contributed by atoms with E-state index in [0.29, 0.717) is 5.92 Å². The van der Waals surface area contributed by atoms with Gasteiger partial charge in [0.05, 0.1) is 5.54 Å². The number of piperidine rings is 1. The van der Waals surface area contributed by atoms with Crippen LogP contribution in [0.3, 0.4) is 0 Å². The zero-order valence-electron chi connectivity index (χ0n) is 11.2. The second-order valence-electron chi connectivity index (χ2n) is 5.45. The number of rotatable bonds is 4. The van der Waals surface area contributed by atoms with Gasteiger partial charge in [-0.25, -0.2) is 0 Å². The summed E-state index contributed by atoms with van der Waals surface area (Å²) in [5.74, 6) is 0.819. The smallest absolute Gasteiger partial charge is 0.242 e. The summed E-state index contributed by atoms with van der Waals surface area (Å²) in [5, 5.41) is 3.39. The quantitative estimate of drug-likeness (QED) is 0.795. The van der Waals surface area contributed by atoms with Gasteiger partial charge in [0.2, 0.25) is 5.91 Å².